The van der Waals surface area contributed by atoms with Crippen molar-refractivity contribution in [3.63, 3.8) is 0 Å². The molecular weight excluding hydrogens is 180 g/mol. The molecule has 0 radical (unpaired) electrons. The summed E-state index contributed by atoms with van der Waals surface area (Å²) >= 11 is 0. The second-order valence-electron chi connectivity index (χ2n) is 7.28. The zero-order chi connectivity index (χ0) is 12.5. The lowest BCUT2D eigenvalue weighted by Gasteiger charge is -2.37. The highest BCUT2D eigenvalue weighted by atomic mass is 14.4. The van der Waals surface area contributed by atoms with Gasteiger partial charge in [0.1, 0.15) is 0 Å². The molecule has 0 fully saturated rings. The summed E-state index contributed by atoms with van der Waals surface area (Å²) < 4.78 is 0. The summed E-state index contributed by atoms with van der Waals surface area (Å²) in [7, 11) is 0. The summed E-state index contributed by atoms with van der Waals surface area (Å²) in [6.45, 7) is 20.8. The lowest BCUT2D eigenvalue weighted by molar-refractivity contribution is 0.189. The van der Waals surface area contributed by atoms with Gasteiger partial charge in [0.2, 0.25) is 0 Å². The van der Waals surface area contributed by atoms with Gasteiger partial charge in [0.15, 0.2) is 0 Å². The second kappa shape index (κ2) is 4.31. The predicted molar refractivity (Wildman–Crippen MR) is 71.0 cm³/mol. The van der Waals surface area contributed by atoms with Crippen LogP contribution in [-0.4, -0.2) is 0 Å². The van der Waals surface area contributed by atoms with Crippen LogP contribution in [0.25, 0.3) is 0 Å². The molecule has 0 bridgehead atoms. The minimum absolute atomic E-state index is 0.249. The molecule has 0 N–H and O–H groups in total. The van der Waals surface area contributed by atoms with Gasteiger partial charge in [-0.05, 0) is 22.2 Å². The van der Waals surface area contributed by atoms with Crippen LogP contribution in [0.1, 0.15) is 62.3 Å². The van der Waals surface area contributed by atoms with Crippen LogP contribution < -0.4 is 0 Å². The molecule has 0 aromatic heterocycles. The first-order valence-electron chi connectivity index (χ1n) is 6.10. The molecule has 0 heteroatoms. The van der Waals surface area contributed by atoms with E-state index in [1.807, 2.05) is 0 Å². The van der Waals surface area contributed by atoms with E-state index in [-0.39, 0.29) is 5.41 Å². The highest BCUT2D eigenvalue weighted by Gasteiger charge is 2.31. The van der Waals surface area contributed by atoms with E-state index < -0.39 is 0 Å². The molecule has 0 unspecified atom stereocenters. The molecule has 0 aliphatic carbocycles. The minimum Gasteiger partial charge on any atom is -0.0820 e. The topological polar surface area (TPSA) is 0 Å². The van der Waals surface area contributed by atoms with Crippen LogP contribution in [-0.2, 0) is 0 Å². The molecule has 90 valence electrons. The third kappa shape index (κ3) is 4.01. The summed E-state index contributed by atoms with van der Waals surface area (Å²) in [6.07, 6.45) is 4.79. The van der Waals surface area contributed by atoms with Crippen molar-refractivity contribution >= 4 is 0 Å². The van der Waals surface area contributed by atoms with Gasteiger partial charge >= 0.3 is 0 Å². The van der Waals surface area contributed by atoms with E-state index in [2.05, 4.69) is 74.5 Å². The van der Waals surface area contributed by atoms with Crippen molar-refractivity contribution in [2.75, 3.05) is 0 Å². The maximum Gasteiger partial charge on any atom is -0.0126 e. The Morgan fingerprint density at radius 1 is 0.733 bits per heavy atom. The minimum atomic E-state index is 0.249. The molecule has 15 heavy (non-hydrogen) atoms. The largest absolute Gasteiger partial charge is 0.0820 e. The third-order valence-corrected chi connectivity index (χ3v) is 4.35. The molecule has 0 nitrogen and oxygen atoms in total. The Morgan fingerprint density at radius 3 is 1.40 bits per heavy atom. The van der Waals surface area contributed by atoms with Crippen LogP contribution in [0.3, 0.4) is 0 Å². The van der Waals surface area contributed by atoms with Gasteiger partial charge in [-0.1, -0.05) is 74.5 Å². The number of hydrogen-bond acceptors (Lipinski definition) is 0. The Hall–Kier alpha value is -0.260. The maximum absolute atomic E-state index is 2.40. The Labute approximate surface area is 97.2 Å². The predicted octanol–water partition coefficient (Wildman–Crippen LogP) is 5.30. The maximum atomic E-state index is 2.40. The summed E-state index contributed by atoms with van der Waals surface area (Å²) in [4.78, 5) is 0. The normalized spacial score (nSPS) is 15.3. The fourth-order valence-corrected chi connectivity index (χ4v) is 0.866. The first kappa shape index (κ1) is 14.7. The molecule has 0 rings (SSSR count). The van der Waals surface area contributed by atoms with Gasteiger partial charge in [-0.3, -0.25) is 0 Å². The van der Waals surface area contributed by atoms with Gasteiger partial charge in [-0.15, -0.1) is 0 Å². The van der Waals surface area contributed by atoms with Crippen molar-refractivity contribution in [1.82, 2.24) is 0 Å². The highest BCUT2D eigenvalue weighted by molar-refractivity contribution is 5.06. The van der Waals surface area contributed by atoms with Crippen molar-refractivity contribution in [2.24, 2.45) is 22.2 Å². The van der Waals surface area contributed by atoms with Gasteiger partial charge in [-0.25, -0.2) is 0 Å². The standard InChI is InChI=1S/C15H30/c1-12(2)14(6,7)10-11-15(8,9)13(3,4)5/h10-12H,1-9H3/b11-10-. The first-order valence-corrected chi connectivity index (χ1v) is 6.10. The fraction of sp³-hybridized carbons (Fsp3) is 0.867. The lowest BCUT2D eigenvalue weighted by atomic mass is 9.68. The van der Waals surface area contributed by atoms with Crippen molar-refractivity contribution in [1.29, 1.82) is 0 Å². The van der Waals surface area contributed by atoms with Gasteiger partial charge in [0.25, 0.3) is 0 Å². The van der Waals surface area contributed by atoms with Crippen LogP contribution in [0.5, 0.6) is 0 Å². The number of hydrogen-bond donors (Lipinski definition) is 0. The van der Waals surface area contributed by atoms with Crippen LogP contribution in [0.4, 0.5) is 0 Å². The Kier molecular flexibility index (Phi) is 4.24. The molecule has 0 aliphatic heterocycles. The molecule has 0 saturated heterocycles. The second-order valence-corrected chi connectivity index (χ2v) is 7.28. The zero-order valence-corrected chi connectivity index (χ0v) is 12.2. The molecular formula is C15H30. The number of allylic oxidation sites excluding steroid dienone is 2. The summed E-state index contributed by atoms with van der Waals surface area (Å²) in [6, 6.07) is 0. The van der Waals surface area contributed by atoms with E-state index >= 15 is 0 Å². The first-order chi connectivity index (χ1) is 6.40. The summed E-state index contributed by atoms with van der Waals surface area (Å²) in [5.41, 5.74) is 0.859. The molecule has 0 amide bonds. The molecule has 0 saturated carbocycles. The Balaban J connectivity index is 4.81. The Bertz CT molecular complexity index is 221. The molecule has 0 aromatic rings. The van der Waals surface area contributed by atoms with Crippen LogP contribution in [0.15, 0.2) is 12.2 Å². The van der Waals surface area contributed by atoms with Crippen molar-refractivity contribution < 1.29 is 0 Å². The summed E-state index contributed by atoms with van der Waals surface area (Å²) in [5.74, 6) is 0.685. The SMILES string of the molecule is CC(C)C(C)(C)/C=C\C(C)(C)C(C)(C)C. The van der Waals surface area contributed by atoms with Crippen molar-refractivity contribution in [3.8, 4) is 0 Å². The highest BCUT2D eigenvalue weighted by Crippen LogP contribution is 2.40. The lowest BCUT2D eigenvalue weighted by Crippen LogP contribution is -2.28. The van der Waals surface area contributed by atoms with Crippen LogP contribution in [0.2, 0.25) is 0 Å². The molecule has 0 heterocycles. The van der Waals surface area contributed by atoms with E-state index in [1.54, 1.807) is 0 Å². The average Bonchev–Trinajstić information content (AvgIpc) is 1.99. The van der Waals surface area contributed by atoms with Gasteiger partial charge in [0, 0.05) is 0 Å². The zero-order valence-electron chi connectivity index (χ0n) is 12.2. The molecule has 0 atom stereocenters. The molecule has 0 spiro atoms. The van der Waals surface area contributed by atoms with Crippen molar-refractivity contribution in [2.45, 2.75) is 62.3 Å². The summed E-state index contributed by atoms with van der Waals surface area (Å²) in [5, 5.41) is 0. The average molecular weight is 210 g/mol. The van der Waals surface area contributed by atoms with Gasteiger partial charge < -0.3 is 0 Å². The van der Waals surface area contributed by atoms with Gasteiger partial charge in [-0.2, -0.15) is 0 Å². The van der Waals surface area contributed by atoms with E-state index in [9.17, 15) is 0 Å². The quantitative estimate of drug-likeness (QED) is 0.555. The van der Waals surface area contributed by atoms with Crippen molar-refractivity contribution in [3.05, 3.63) is 12.2 Å². The third-order valence-electron chi connectivity index (χ3n) is 4.35. The molecule has 0 aliphatic rings. The van der Waals surface area contributed by atoms with E-state index in [1.165, 1.54) is 0 Å². The van der Waals surface area contributed by atoms with E-state index in [4.69, 9.17) is 0 Å². The van der Waals surface area contributed by atoms with Gasteiger partial charge in [0.05, 0.1) is 0 Å². The fourth-order valence-electron chi connectivity index (χ4n) is 0.866. The van der Waals surface area contributed by atoms with E-state index in [0.29, 0.717) is 16.7 Å². The number of rotatable bonds is 3. The Morgan fingerprint density at radius 2 is 1.13 bits per heavy atom. The van der Waals surface area contributed by atoms with Crippen LogP contribution in [0, 0.1) is 22.2 Å². The van der Waals surface area contributed by atoms with Crippen LogP contribution >= 0.6 is 0 Å². The molecule has 0 aromatic carbocycles. The van der Waals surface area contributed by atoms with E-state index in [0.717, 1.165) is 0 Å². The smallest absolute Gasteiger partial charge is 0.0126 e. The monoisotopic (exact) mass is 210 g/mol.